The maximum atomic E-state index is 5.82. The van der Waals surface area contributed by atoms with E-state index in [4.69, 9.17) is 9.47 Å². The molecule has 0 aliphatic heterocycles. The van der Waals surface area contributed by atoms with Crippen molar-refractivity contribution in [2.24, 2.45) is 0 Å². The molecule has 1 aliphatic rings. The van der Waals surface area contributed by atoms with E-state index in [1.54, 1.807) is 12.7 Å². The van der Waals surface area contributed by atoms with Crippen LogP contribution in [0.5, 0.6) is 5.75 Å². The van der Waals surface area contributed by atoms with Gasteiger partial charge in [0.2, 0.25) is 0 Å². The lowest BCUT2D eigenvalue weighted by Gasteiger charge is -2.20. The predicted octanol–water partition coefficient (Wildman–Crippen LogP) is 3.88. The van der Waals surface area contributed by atoms with E-state index in [9.17, 15) is 0 Å². The van der Waals surface area contributed by atoms with Gasteiger partial charge in [-0.25, -0.2) is 0 Å². The summed E-state index contributed by atoms with van der Waals surface area (Å²) in [5.41, 5.74) is 4.43. The molecule has 0 saturated heterocycles. The molecule has 0 saturated carbocycles. The van der Waals surface area contributed by atoms with Crippen LogP contribution in [-0.2, 0) is 22.9 Å². The van der Waals surface area contributed by atoms with Gasteiger partial charge in [0.15, 0.2) is 0 Å². The Labute approximate surface area is 118 Å². The van der Waals surface area contributed by atoms with Gasteiger partial charge < -0.3 is 9.47 Å². The van der Waals surface area contributed by atoms with Crippen LogP contribution < -0.4 is 4.74 Å². The van der Waals surface area contributed by atoms with E-state index in [1.807, 2.05) is 0 Å². The van der Waals surface area contributed by atoms with Gasteiger partial charge in [0.1, 0.15) is 5.75 Å². The number of benzene rings is 1. The number of rotatable bonds is 6. The van der Waals surface area contributed by atoms with Crippen molar-refractivity contribution in [2.75, 3.05) is 20.3 Å². The molecule has 1 aliphatic carbocycles. The summed E-state index contributed by atoms with van der Waals surface area (Å²) in [6.45, 7) is 1.49. The van der Waals surface area contributed by atoms with Crippen LogP contribution in [0.4, 0.5) is 0 Å². The predicted molar refractivity (Wildman–Crippen MR) is 77.7 cm³/mol. The first-order valence-electron chi connectivity index (χ1n) is 6.67. The second-order valence-corrected chi connectivity index (χ2v) is 5.32. The van der Waals surface area contributed by atoms with Gasteiger partial charge in [-0.05, 0) is 54.5 Å². The highest BCUT2D eigenvalue weighted by Crippen LogP contribution is 2.30. The summed E-state index contributed by atoms with van der Waals surface area (Å²) in [6.07, 6.45) is 5.99. The molecule has 0 atom stereocenters. The lowest BCUT2D eigenvalue weighted by Crippen LogP contribution is -2.08. The summed E-state index contributed by atoms with van der Waals surface area (Å²) in [7, 11) is 1.72. The van der Waals surface area contributed by atoms with Crippen LogP contribution in [-0.4, -0.2) is 20.3 Å². The van der Waals surface area contributed by atoms with Crippen molar-refractivity contribution < 1.29 is 9.47 Å². The van der Waals surface area contributed by atoms with E-state index in [0.717, 1.165) is 30.7 Å². The minimum Gasteiger partial charge on any atom is -0.493 e. The number of hydrogen-bond donors (Lipinski definition) is 0. The second kappa shape index (κ2) is 7.15. The lowest BCUT2D eigenvalue weighted by atomic mass is 9.88. The van der Waals surface area contributed by atoms with Gasteiger partial charge in [-0.1, -0.05) is 15.9 Å². The van der Waals surface area contributed by atoms with Gasteiger partial charge in [0.25, 0.3) is 0 Å². The van der Waals surface area contributed by atoms with Crippen molar-refractivity contribution in [1.29, 1.82) is 0 Å². The molecule has 0 amide bonds. The normalized spacial score (nSPS) is 14.3. The summed E-state index contributed by atoms with van der Waals surface area (Å²) in [4.78, 5) is 0. The Morgan fingerprint density at radius 2 is 2.00 bits per heavy atom. The molecule has 0 bridgehead atoms. The van der Waals surface area contributed by atoms with Crippen LogP contribution in [0.2, 0.25) is 0 Å². The fraction of sp³-hybridized carbons (Fsp3) is 0.600. The van der Waals surface area contributed by atoms with E-state index in [0.29, 0.717) is 0 Å². The van der Waals surface area contributed by atoms with Crippen LogP contribution in [0.15, 0.2) is 12.1 Å². The van der Waals surface area contributed by atoms with E-state index < -0.39 is 0 Å². The molecule has 18 heavy (non-hydrogen) atoms. The fourth-order valence-corrected chi connectivity index (χ4v) is 3.02. The third-order valence-electron chi connectivity index (χ3n) is 3.44. The second-order valence-electron chi connectivity index (χ2n) is 4.76. The van der Waals surface area contributed by atoms with Gasteiger partial charge in [-0.2, -0.15) is 0 Å². The van der Waals surface area contributed by atoms with Crippen LogP contribution in [0, 0.1) is 0 Å². The molecule has 3 heteroatoms. The molecule has 0 heterocycles. The third kappa shape index (κ3) is 3.48. The zero-order valence-corrected chi connectivity index (χ0v) is 12.6. The summed E-state index contributed by atoms with van der Waals surface area (Å²) in [6, 6.07) is 4.42. The highest BCUT2D eigenvalue weighted by Gasteiger charge is 2.14. The Balaban J connectivity index is 2.06. The third-order valence-corrected chi connectivity index (χ3v) is 4.04. The SMILES string of the molecule is COCCCOc1cc(CBr)c2c(c1)CCCC2. The molecule has 1 aromatic carbocycles. The van der Waals surface area contributed by atoms with Crippen LogP contribution in [0.3, 0.4) is 0 Å². The van der Waals surface area contributed by atoms with Crippen molar-refractivity contribution in [3.63, 3.8) is 0 Å². The summed E-state index contributed by atoms with van der Waals surface area (Å²) >= 11 is 3.59. The van der Waals surface area contributed by atoms with E-state index in [2.05, 4.69) is 28.1 Å². The maximum Gasteiger partial charge on any atom is 0.119 e. The first kappa shape index (κ1) is 13.9. The number of ether oxygens (including phenoxy) is 2. The Kier molecular flexibility index (Phi) is 5.51. The summed E-state index contributed by atoms with van der Waals surface area (Å²) < 4.78 is 10.8. The zero-order chi connectivity index (χ0) is 12.8. The highest BCUT2D eigenvalue weighted by molar-refractivity contribution is 9.08. The molecule has 2 rings (SSSR count). The molecule has 0 fully saturated rings. The molecule has 0 N–H and O–H groups in total. The fourth-order valence-electron chi connectivity index (χ4n) is 2.52. The Bertz CT molecular complexity index is 373. The number of hydrogen-bond acceptors (Lipinski definition) is 2. The quantitative estimate of drug-likeness (QED) is 0.586. The molecule has 100 valence electrons. The van der Waals surface area contributed by atoms with Crippen molar-refractivity contribution in [3.05, 3.63) is 28.8 Å². The molecule has 0 radical (unpaired) electrons. The molecular formula is C15H21BrO2. The minimum atomic E-state index is 0.731. The van der Waals surface area contributed by atoms with Gasteiger partial charge in [-0.3, -0.25) is 0 Å². The molecule has 1 aromatic rings. The van der Waals surface area contributed by atoms with Gasteiger partial charge in [0.05, 0.1) is 6.61 Å². The van der Waals surface area contributed by atoms with E-state index >= 15 is 0 Å². The Hall–Kier alpha value is -0.540. The topological polar surface area (TPSA) is 18.5 Å². The van der Waals surface area contributed by atoms with Crippen molar-refractivity contribution in [3.8, 4) is 5.75 Å². The standard InChI is InChI=1S/C15H21BrO2/c1-17-7-4-8-18-14-9-12-5-2-3-6-15(12)13(10-14)11-16/h9-10H,2-8,11H2,1H3. The zero-order valence-electron chi connectivity index (χ0n) is 11.0. The van der Waals surface area contributed by atoms with Gasteiger partial charge in [0, 0.05) is 25.5 Å². The number of alkyl halides is 1. The highest BCUT2D eigenvalue weighted by atomic mass is 79.9. The molecule has 0 aromatic heterocycles. The van der Waals surface area contributed by atoms with E-state index in [-0.39, 0.29) is 0 Å². The lowest BCUT2D eigenvalue weighted by molar-refractivity contribution is 0.172. The van der Waals surface area contributed by atoms with Crippen molar-refractivity contribution in [1.82, 2.24) is 0 Å². The Morgan fingerprint density at radius 1 is 1.17 bits per heavy atom. The number of methoxy groups -OCH3 is 1. The summed E-state index contributed by atoms with van der Waals surface area (Å²) in [5, 5.41) is 0.921. The molecular weight excluding hydrogens is 292 g/mol. The average Bonchev–Trinajstić information content (AvgIpc) is 2.42. The monoisotopic (exact) mass is 312 g/mol. The van der Waals surface area contributed by atoms with Crippen LogP contribution in [0.25, 0.3) is 0 Å². The molecule has 0 spiro atoms. The summed E-state index contributed by atoms with van der Waals surface area (Å²) in [5.74, 6) is 1.02. The van der Waals surface area contributed by atoms with Gasteiger partial charge >= 0.3 is 0 Å². The van der Waals surface area contributed by atoms with Gasteiger partial charge in [-0.15, -0.1) is 0 Å². The minimum absolute atomic E-state index is 0.731. The largest absolute Gasteiger partial charge is 0.493 e. The molecule has 0 unspecified atom stereocenters. The first-order chi connectivity index (χ1) is 8.85. The first-order valence-corrected chi connectivity index (χ1v) is 7.79. The smallest absolute Gasteiger partial charge is 0.119 e. The average molecular weight is 313 g/mol. The maximum absolute atomic E-state index is 5.82. The number of aryl methyl sites for hydroxylation is 1. The Morgan fingerprint density at radius 3 is 2.78 bits per heavy atom. The van der Waals surface area contributed by atoms with Crippen LogP contribution >= 0.6 is 15.9 Å². The number of fused-ring (bicyclic) bond motifs is 1. The van der Waals surface area contributed by atoms with Crippen molar-refractivity contribution >= 4 is 15.9 Å². The van der Waals surface area contributed by atoms with E-state index in [1.165, 1.54) is 36.8 Å². The number of halogens is 1. The van der Waals surface area contributed by atoms with Crippen molar-refractivity contribution in [2.45, 2.75) is 37.4 Å². The van der Waals surface area contributed by atoms with Crippen LogP contribution in [0.1, 0.15) is 36.0 Å². The molecule has 2 nitrogen and oxygen atoms in total.